The molecule has 36 heavy (non-hydrogen) atoms. The van der Waals surface area contributed by atoms with Gasteiger partial charge in [-0.1, -0.05) is 17.7 Å². The molecule has 4 aromatic rings. The Morgan fingerprint density at radius 1 is 1.17 bits per heavy atom. The minimum absolute atomic E-state index is 0.00409. The minimum Gasteiger partial charge on any atom is -0.320 e. The first-order valence-electron chi connectivity index (χ1n) is 10.9. The highest BCUT2D eigenvalue weighted by atomic mass is 19.4. The van der Waals surface area contributed by atoms with Crippen molar-refractivity contribution in [2.75, 3.05) is 11.4 Å². The van der Waals surface area contributed by atoms with Crippen molar-refractivity contribution in [1.29, 1.82) is 0 Å². The summed E-state index contributed by atoms with van der Waals surface area (Å²) < 4.78 is 99.0. The molecule has 1 aliphatic carbocycles. The maximum absolute atomic E-state index is 15.0. The van der Waals surface area contributed by atoms with Crippen molar-refractivity contribution in [2.24, 2.45) is 5.41 Å². The van der Waals surface area contributed by atoms with Crippen LogP contribution in [0.5, 0.6) is 0 Å². The average molecular weight is 509 g/mol. The van der Waals surface area contributed by atoms with Crippen molar-refractivity contribution < 1.29 is 30.7 Å². The van der Waals surface area contributed by atoms with Gasteiger partial charge < -0.3 is 4.90 Å². The summed E-state index contributed by atoms with van der Waals surface area (Å²) in [6.45, 7) is 0.324. The summed E-state index contributed by atoms with van der Waals surface area (Å²) in [6.07, 6.45) is -5.07. The quantitative estimate of drug-likeness (QED) is 0.271. The Kier molecular flexibility index (Phi) is 5.64. The highest BCUT2D eigenvalue weighted by Crippen LogP contribution is 2.62. The van der Waals surface area contributed by atoms with Crippen LogP contribution in [0, 0.1) is 17.0 Å². The van der Waals surface area contributed by atoms with Gasteiger partial charge in [0.15, 0.2) is 0 Å². The number of allylic oxidation sites excluding steroid dienone is 1. The number of benzene rings is 2. The Morgan fingerprint density at radius 2 is 1.92 bits per heavy atom. The maximum Gasteiger partial charge on any atom is 0.398 e. The van der Waals surface area contributed by atoms with E-state index in [2.05, 4.69) is 15.2 Å². The summed E-state index contributed by atoms with van der Waals surface area (Å²) in [5.74, 6) is -1.89. The highest BCUT2D eigenvalue weighted by molar-refractivity contribution is 5.94. The van der Waals surface area contributed by atoms with Crippen molar-refractivity contribution in [3.63, 3.8) is 0 Å². The van der Waals surface area contributed by atoms with Crippen LogP contribution < -0.4 is 4.90 Å². The summed E-state index contributed by atoms with van der Waals surface area (Å²) >= 11 is 0. The van der Waals surface area contributed by atoms with Crippen molar-refractivity contribution in [2.45, 2.75) is 32.4 Å². The normalized spacial score (nSPS) is 15.8. The van der Waals surface area contributed by atoms with E-state index in [9.17, 15) is 30.7 Å². The lowest BCUT2D eigenvalue weighted by Crippen LogP contribution is -2.26. The van der Waals surface area contributed by atoms with Crippen LogP contribution in [0.1, 0.15) is 25.3 Å². The molecule has 0 N–H and O–H groups in total. The van der Waals surface area contributed by atoms with Crippen LogP contribution in [0.25, 0.3) is 22.8 Å². The fourth-order valence-corrected chi connectivity index (χ4v) is 4.46. The number of hydrogen-bond acceptors (Lipinski definition) is 4. The third-order valence-electron chi connectivity index (χ3n) is 6.43. The van der Waals surface area contributed by atoms with Crippen molar-refractivity contribution in [1.82, 2.24) is 19.6 Å². The second-order valence-electron chi connectivity index (χ2n) is 8.72. The zero-order valence-electron chi connectivity index (χ0n) is 18.7. The molecule has 1 aliphatic rings. The zero-order valence-corrected chi connectivity index (χ0v) is 18.7. The average Bonchev–Trinajstić information content (AvgIpc) is 3.49. The number of hydrogen-bond donors (Lipinski definition) is 0. The zero-order chi connectivity index (χ0) is 25.8. The monoisotopic (exact) mass is 509 g/mol. The van der Waals surface area contributed by atoms with E-state index in [1.54, 1.807) is 0 Å². The van der Waals surface area contributed by atoms with E-state index in [4.69, 9.17) is 0 Å². The van der Waals surface area contributed by atoms with Crippen LogP contribution in [0.2, 0.25) is 0 Å². The second-order valence-corrected chi connectivity index (χ2v) is 8.72. The van der Waals surface area contributed by atoms with E-state index in [0.29, 0.717) is 0 Å². The molecule has 5 nitrogen and oxygen atoms in total. The molecule has 0 aliphatic heterocycles. The lowest BCUT2D eigenvalue weighted by atomic mass is 9.94. The second kappa shape index (κ2) is 8.45. The van der Waals surface area contributed by atoms with Crippen LogP contribution in [-0.2, 0) is 0 Å². The largest absolute Gasteiger partial charge is 0.398 e. The van der Waals surface area contributed by atoms with E-state index < -0.39 is 36.2 Å². The Balaban J connectivity index is 1.68. The topological polar surface area (TPSA) is 46.3 Å². The van der Waals surface area contributed by atoms with Crippen molar-refractivity contribution in [3.05, 3.63) is 65.5 Å². The predicted molar refractivity (Wildman–Crippen MR) is 119 cm³/mol. The van der Waals surface area contributed by atoms with Gasteiger partial charge >= 0.3 is 6.18 Å². The van der Waals surface area contributed by atoms with E-state index in [-0.39, 0.29) is 52.2 Å². The summed E-state index contributed by atoms with van der Waals surface area (Å²) in [4.78, 5) is 5.14. The lowest BCUT2D eigenvalue weighted by Gasteiger charge is -2.26. The summed E-state index contributed by atoms with van der Waals surface area (Å²) in [5, 5.41) is 7.42. The van der Waals surface area contributed by atoms with Crippen LogP contribution in [-0.4, -0.2) is 38.7 Å². The number of aromatic nitrogens is 4. The van der Waals surface area contributed by atoms with E-state index >= 15 is 0 Å². The summed E-state index contributed by atoms with van der Waals surface area (Å²) in [6, 6.07) is 7.28. The number of rotatable bonds is 6. The van der Waals surface area contributed by atoms with Gasteiger partial charge in [-0.05, 0) is 55.7 Å². The van der Waals surface area contributed by atoms with Gasteiger partial charge in [0.1, 0.15) is 23.8 Å². The molecule has 188 valence electrons. The van der Waals surface area contributed by atoms with Gasteiger partial charge in [0.05, 0.1) is 22.9 Å². The maximum atomic E-state index is 15.0. The molecule has 12 heteroatoms. The van der Waals surface area contributed by atoms with Gasteiger partial charge in [0.25, 0.3) is 12.2 Å². The van der Waals surface area contributed by atoms with Crippen molar-refractivity contribution >= 4 is 34.3 Å². The smallest absolute Gasteiger partial charge is 0.320 e. The molecule has 2 aromatic carbocycles. The molecule has 0 unspecified atom stereocenters. The van der Waals surface area contributed by atoms with Crippen LogP contribution >= 0.6 is 0 Å². The van der Waals surface area contributed by atoms with Gasteiger partial charge in [-0.25, -0.2) is 17.6 Å². The predicted octanol–water partition coefficient (Wildman–Crippen LogP) is 6.70. The molecule has 5 rings (SSSR count). The molecule has 0 bridgehead atoms. The first-order chi connectivity index (χ1) is 17.0. The Bertz CT molecular complexity index is 1490. The fraction of sp³-hybridized carbons (Fsp3) is 0.292. The molecule has 1 saturated carbocycles. The molecular formula is C24H18F7N5. The number of fused-ring (bicyclic) bond motifs is 3. The van der Waals surface area contributed by atoms with Gasteiger partial charge in [0, 0.05) is 5.69 Å². The molecule has 1 fully saturated rings. The molecule has 0 spiro atoms. The molecule has 0 radical (unpaired) electrons. The van der Waals surface area contributed by atoms with Crippen LogP contribution in [0.15, 0.2) is 48.3 Å². The Morgan fingerprint density at radius 3 is 2.58 bits per heavy atom. The Hall–Kier alpha value is -3.70. The number of anilines is 2. The van der Waals surface area contributed by atoms with Gasteiger partial charge in [-0.3, -0.25) is 4.40 Å². The fourth-order valence-electron chi connectivity index (χ4n) is 4.46. The summed E-state index contributed by atoms with van der Waals surface area (Å²) in [5.41, 5.74) is -1.82. The van der Waals surface area contributed by atoms with Gasteiger partial charge in [-0.15, -0.1) is 10.2 Å². The molecule has 0 amide bonds. The van der Waals surface area contributed by atoms with E-state index in [0.717, 1.165) is 23.1 Å². The first-order valence-corrected chi connectivity index (χ1v) is 10.9. The van der Waals surface area contributed by atoms with Gasteiger partial charge in [0.2, 0.25) is 0 Å². The Labute approximate surface area is 199 Å². The third kappa shape index (κ3) is 4.03. The van der Waals surface area contributed by atoms with Crippen molar-refractivity contribution in [3.8, 4) is 0 Å². The lowest BCUT2D eigenvalue weighted by molar-refractivity contribution is -0.174. The van der Waals surface area contributed by atoms with Crippen LogP contribution in [0.3, 0.4) is 0 Å². The molecule has 2 aromatic heterocycles. The SMILES string of the molecule is C/C(=C\c1cc(F)cc(N(CC(F)F)c2nc3nncn3c3cccc(F)c23)c1)C1(C(F)(F)F)CC1. The summed E-state index contributed by atoms with van der Waals surface area (Å²) in [7, 11) is 0. The third-order valence-corrected chi connectivity index (χ3v) is 6.43. The molecule has 0 atom stereocenters. The first kappa shape index (κ1) is 24.0. The molecule has 0 saturated heterocycles. The molecular weight excluding hydrogens is 491 g/mol. The molecule has 2 heterocycles. The van der Waals surface area contributed by atoms with E-state index in [1.807, 2.05) is 0 Å². The van der Waals surface area contributed by atoms with E-state index in [1.165, 1.54) is 41.9 Å². The highest BCUT2D eigenvalue weighted by Gasteiger charge is 2.64. The standard InChI is InChI=1S/C24H18F7N5/c1-13(23(5-6-23)24(29,30)31)7-14-8-15(25)10-16(9-14)35(11-19(27)28)21-20-17(26)3-2-4-18(20)36-12-32-34-22(36)33-21/h2-4,7-10,12,19H,5-6,11H2,1H3/b13-7+. The minimum atomic E-state index is -4.46. The van der Waals surface area contributed by atoms with Crippen LogP contribution in [0.4, 0.5) is 42.2 Å². The number of nitrogens with zero attached hydrogens (tertiary/aromatic N) is 5. The van der Waals surface area contributed by atoms with Gasteiger partial charge in [-0.2, -0.15) is 18.2 Å². The number of halogens is 7. The number of alkyl halides is 5.